The van der Waals surface area contributed by atoms with Gasteiger partial charge in [-0.3, -0.25) is 9.47 Å². The predicted molar refractivity (Wildman–Crippen MR) is 113 cm³/mol. The number of hydrogen-bond acceptors (Lipinski definition) is 7. The van der Waals surface area contributed by atoms with E-state index in [0.717, 1.165) is 39.5 Å². The van der Waals surface area contributed by atoms with Crippen molar-refractivity contribution in [2.75, 3.05) is 39.1 Å². The van der Waals surface area contributed by atoms with Gasteiger partial charge in [0.15, 0.2) is 9.84 Å². The monoisotopic (exact) mass is 465 g/mol. The van der Waals surface area contributed by atoms with E-state index in [1.807, 2.05) is 0 Å². The van der Waals surface area contributed by atoms with Crippen LogP contribution in [-0.4, -0.2) is 84.7 Å². The van der Waals surface area contributed by atoms with Crippen LogP contribution in [0.15, 0.2) is 12.3 Å². The molecule has 4 heterocycles. The van der Waals surface area contributed by atoms with Crippen LogP contribution in [0.5, 0.6) is 0 Å². The second-order valence-corrected chi connectivity index (χ2v) is 11.1. The van der Waals surface area contributed by atoms with Gasteiger partial charge in [0.2, 0.25) is 0 Å². The smallest absolute Gasteiger partial charge is 0.548 e. The van der Waals surface area contributed by atoms with Gasteiger partial charge in [-0.15, -0.1) is 0 Å². The molecule has 0 unspecified atom stereocenters. The van der Waals surface area contributed by atoms with Gasteiger partial charge in [-0.2, -0.15) is 0 Å². The summed E-state index contributed by atoms with van der Waals surface area (Å²) in [4.78, 5) is 27.8. The number of sulfone groups is 1. The molecule has 1 amide bonds. The molecule has 1 aromatic rings. The molecule has 3 aliphatic heterocycles. The zero-order valence-corrected chi connectivity index (χ0v) is 19.8. The van der Waals surface area contributed by atoms with Crippen molar-refractivity contribution < 1.29 is 46.7 Å². The van der Waals surface area contributed by atoms with E-state index in [1.165, 1.54) is 9.47 Å². The van der Waals surface area contributed by atoms with Gasteiger partial charge < -0.3 is 19.5 Å². The Morgan fingerprint density at radius 1 is 1.30 bits per heavy atom. The van der Waals surface area contributed by atoms with Crippen LogP contribution >= 0.6 is 0 Å². The Morgan fingerprint density at radius 3 is 2.55 bits per heavy atom. The van der Waals surface area contributed by atoms with Gasteiger partial charge in [0.1, 0.15) is 4.75 Å². The van der Waals surface area contributed by atoms with Crippen LogP contribution in [0.25, 0.3) is 0 Å². The summed E-state index contributed by atoms with van der Waals surface area (Å²) in [5, 5.41) is 11.4. The Morgan fingerprint density at radius 2 is 2.00 bits per heavy atom. The van der Waals surface area contributed by atoms with E-state index in [2.05, 4.69) is 28.6 Å². The number of amides is 1. The van der Waals surface area contributed by atoms with E-state index >= 15 is 0 Å². The topological polar surface area (TPSA) is 112 Å². The fourth-order valence-electron chi connectivity index (χ4n) is 3.83. The molecule has 11 heteroatoms. The minimum absolute atomic E-state index is 0. The van der Waals surface area contributed by atoms with E-state index in [4.69, 9.17) is 4.74 Å². The van der Waals surface area contributed by atoms with Crippen molar-refractivity contribution in [3.8, 4) is 23.7 Å². The molecule has 170 valence electrons. The molecule has 2 fully saturated rings. The van der Waals surface area contributed by atoms with Crippen molar-refractivity contribution in [1.29, 1.82) is 0 Å². The van der Waals surface area contributed by atoms with E-state index in [9.17, 15) is 23.1 Å². The van der Waals surface area contributed by atoms with Crippen molar-refractivity contribution in [2.24, 2.45) is 5.92 Å². The Balaban J connectivity index is 0.00000306. The minimum Gasteiger partial charge on any atom is -0.548 e. The van der Waals surface area contributed by atoms with Crippen molar-refractivity contribution in [2.45, 2.75) is 30.7 Å². The first-order chi connectivity index (χ1) is 15.1. The fourth-order valence-corrected chi connectivity index (χ4v) is 4.60. The predicted octanol–water partition coefficient (Wildman–Crippen LogP) is -4.10. The van der Waals surface area contributed by atoms with Gasteiger partial charge in [-0.1, -0.05) is 11.8 Å². The van der Waals surface area contributed by atoms with Crippen LogP contribution in [0, 0.1) is 29.6 Å². The minimum atomic E-state index is -3.90. The normalized spacial score (nSPS) is 20.2. The Labute approximate surface area is 205 Å². The maximum absolute atomic E-state index is 12.6. The molecule has 2 saturated heterocycles. The zero-order chi connectivity index (χ0) is 23.1. The molecule has 0 saturated carbocycles. The summed E-state index contributed by atoms with van der Waals surface area (Å²) in [7, 11) is -3.90. The molecule has 33 heavy (non-hydrogen) atoms. The van der Waals surface area contributed by atoms with Crippen LogP contribution in [0.2, 0.25) is 0 Å². The quantitative estimate of drug-likeness (QED) is 0.310. The zero-order valence-electron chi connectivity index (χ0n) is 19.0. The van der Waals surface area contributed by atoms with Gasteiger partial charge in [0.25, 0.3) is 0 Å². The number of carbonyl (C=O) groups excluding carboxylic acids is 2. The molecule has 0 bridgehead atoms. The van der Waals surface area contributed by atoms with Crippen LogP contribution in [-0.2, 0) is 25.9 Å². The van der Waals surface area contributed by atoms with Gasteiger partial charge in [-0.25, -0.2) is 13.2 Å². The second kappa shape index (κ2) is 9.58. The first kappa shape index (κ1) is 25.4. The SMILES string of the molecule is C[C@@](CCN1Cc2cc(C#CC#CC3CN(C4COC4)C3)cn2C1=O)(C(=O)[O-])S(C)(=O)=O.[Li+]. The van der Waals surface area contributed by atoms with Crippen LogP contribution in [0.3, 0.4) is 0 Å². The van der Waals surface area contributed by atoms with Gasteiger partial charge in [-0.05, 0) is 31.3 Å². The number of hydrogen-bond donors (Lipinski definition) is 0. The average molecular weight is 465 g/mol. The summed E-state index contributed by atoms with van der Waals surface area (Å²) in [6, 6.07) is 1.98. The first-order valence-corrected chi connectivity index (χ1v) is 12.2. The molecular formula is C22H24LiN3O6S. The maximum atomic E-state index is 12.6. The molecular weight excluding hydrogens is 441 g/mol. The molecule has 9 nitrogen and oxygen atoms in total. The second-order valence-electron chi connectivity index (χ2n) is 8.70. The molecule has 0 radical (unpaired) electrons. The van der Waals surface area contributed by atoms with Crippen molar-refractivity contribution in [3.63, 3.8) is 0 Å². The summed E-state index contributed by atoms with van der Waals surface area (Å²) in [5.41, 5.74) is 1.37. The summed E-state index contributed by atoms with van der Waals surface area (Å²) >= 11 is 0. The standard InChI is InChI=1S/C22H25N3O6S.Li/c1-22(20(26)27,32(2,29)30)7-8-23-13-18-9-16(12-25(18)21(23)28)5-3-4-6-17-10-24(11-17)19-14-31-15-19;/h9,12,17,19H,7-8,10-11,13-15H2,1-2H3,(H,26,27);/q;+1/p-1/t22-;/m1./s1. The molecule has 1 atom stereocenters. The number of fused-ring (bicyclic) bond motifs is 1. The first-order valence-electron chi connectivity index (χ1n) is 10.3. The molecule has 0 spiro atoms. The van der Waals surface area contributed by atoms with Crippen molar-refractivity contribution >= 4 is 21.8 Å². The number of nitrogens with zero attached hydrogens (tertiary/aromatic N) is 3. The number of aliphatic carboxylic acids is 1. The summed E-state index contributed by atoms with van der Waals surface area (Å²) < 4.78 is 28.3. The van der Waals surface area contributed by atoms with E-state index < -0.39 is 20.6 Å². The molecule has 0 N–H and O–H groups in total. The Hall–Kier alpha value is -2.19. The van der Waals surface area contributed by atoms with Crippen LogP contribution in [0.4, 0.5) is 4.79 Å². The Kier molecular flexibility index (Phi) is 7.38. The van der Waals surface area contributed by atoms with Crippen molar-refractivity contribution in [3.05, 3.63) is 23.5 Å². The number of carboxylic acid groups (broad SMARTS) is 1. The number of carboxylic acids is 1. The largest absolute Gasteiger partial charge is 1.00 e. The summed E-state index contributed by atoms with van der Waals surface area (Å²) in [6.45, 7) is 4.86. The summed E-state index contributed by atoms with van der Waals surface area (Å²) in [6.07, 6.45) is 2.22. The maximum Gasteiger partial charge on any atom is 1.00 e. The third-order valence-electron chi connectivity index (χ3n) is 6.43. The third-order valence-corrected chi connectivity index (χ3v) is 8.44. The number of ether oxygens (including phenoxy) is 1. The third kappa shape index (κ3) is 5.01. The molecule has 1 aromatic heterocycles. The van der Waals surface area contributed by atoms with Crippen LogP contribution in [0.1, 0.15) is 24.6 Å². The number of aromatic nitrogens is 1. The van der Waals surface area contributed by atoms with Gasteiger partial charge in [0.05, 0.1) is 31.8 Å². The Bertz CT molecular complexity index is 1180. The van der Waals surface area contributed by atoms with Crippen LogP contribution < -0.4 is 24.0 Å². The molecule has 3 aliphatic rings. The molecule has 4 rings (SSSR count). The van der Waals surface area contributed by atoms with Crippen molar-refractivity contribution in [1.82, 2.24) is 14.4 Å². The van der Waals surface area contributed by atoms with E-state index in [0.29, 0.717) is 23.2 Å². The van der Waals surface area contributed by atoms with Gasteiger partial charge in [0, 0.05) is 49.3 Å². The van der Waals surface area contributed by atoms with Gasteiger partial charge >= 0.3 is 24.9 Å². The average Bonchev–Trinajstić information content (AvgIpc) is 3.16. The summed E-state index contributed by atoms with van der Waals surface area (Å²) in [5.74, 6) is 10.5. The number of likely N-dealkylation sites (tertiary alicyclic amines) is 1. The fraction of sp³-hybridized carbons (Fsp3) is 0.545. The molecule has 0 aliphatic carbocycles. The van der Waals surface area contributed by atoms with E-state index in [1.54, 1.807) is 12.3 Å². The van der Waals surface area contributed by atoms with E-state index in [-0.39, 0.29) is 44.4 Å². The molecule has 0 aromatic carbocycles. The number of carbonyl (C=O) groups is 2. The number of rotatable bonds is 6.